The van der Waals surface area contributed by atoms with Crippen molar-refractivity contribution in [1.29, 1.82) is 0 Å². The summed E-state index contributed by atoms with van der Waals surface area (Å²) < 4.78 is 10.8. The molecule has 0 bridgehead atoms. The van der Waals surface area contributed by atoms with Crippen LogP contribution < -0.4 is 9.31 Å². The van der Waals surface area contributed by atoms with Gasteiger partial charge in [0.15, 0.2) is 0 Å². The van der Waals surface area contributed by atoms with Crippen LogP contribution in [0.25, 0.3) is 0 Å². The van der Waals surface area contributed by atoms with Crippen LogP contribution in [0.5, 0.6) is 11.5 Å². The third-order valence-corrected chi connectivity index (χ3v) is 2.33. The lowest BCUT2D eigenvalue weighted by atomic mass is 10.3. The smallest absolute Gasteiger partial charge is 0.529 e. The number of para-hydroxylation sites is 1. The van der Waals surface area contributed by atoms with E-state index >= 15 is 0 Å². The van der Waals surface area contributed by atoms with Gasteiger partial charge in [-0.2, -0.15) is 0 Å². The summed E-state index contributed by atoms with van der Waals surface area (Å²) in [6.07, 6.45) is 0. The fraction of sp³-hybridized carbons (Fsp3) is 0. The zero-order chi connectivity index (χ0) is 11.2. The fourth-order valence-electron chi connectivity index (χ4n) is 1.22. The summed E-state index contributed by atoms with van der Waals surface area (Å²) in [6.45, 7) is 0. The summed E-state index contributed by atoms with van der Waals surface area (Å²) in [6, 6.07) is 17.0. The molecular weight excluding hydrogens is 219 g/mol. The van der Waals surface area contributed by atoms with Crippen LogP contribution in [-0.2, 0) is 0 Å². The standard InChI is InChI=1S/C12H11BO2S/c16-12-8-6-11(7-9-12)15-13-14-10-4-2-1-3-5-10/h1-9,13,16H. The van der Waals surface area contributed by atoms with Crippen LogP contribution in [0.2, 0.25) is 0 Å². The summed E-state index contributed by atoms with van der Waals surface area (Å²) in [4.78, 5) is 0.913. The Morgan fingerprint density at radius 3 is 1.94 bits per heavy atom. The van der Waals surface area contributed by atoms with Crippen LogP contribution in [-0.4, -0.2) is 7.69 Å². The van der Waals surface area contributed by atoms with E-state index < -0.39 is 0 Å². The van der Waals surface area contributed by atoms with Crippen molar-refractivity contribution in [2.45, 2.75) is 4.90 Å². The van der Waals surface area contributed by atoms with Crippen molar-refractivity contribution in [2.75, 3.05) is 0 Å². The lowest BCUT2D eigenvalue weighted by Gasteiger charge is -2.06. The molecule has 0 aliphatic carbocycles. The van der Waals surface area contributed by atoms with Crippen molar-refractivity contribution in [1.82, 2.24) is 0 Å². The molecule has 16 heavy (non-hydrogen) atoms. The first-order valence-electron chi connectivity index (χ1n) is 4.94. The van der Waals surface area contributed by atoms with Crippen LogP contribution in [0, 0.1) is 0 Å². The fourth-order valence-corrected chi connectivity index (χ4v) is 1.37. The number of benzene rings is 2. The van der Waals surface area contributed by atoms with Crippen LogP contribution in [0.1, 0.15) is 0 Å². The number of hydrogen-bond donors (Lipinski definition) is 1. The van der Waals surface area contributed by atoms with Gasteiger partial charge in [0.05, 0.1) is 0 Å². The van der Waals surface area contributed by atoms with Crippen LogP contribution in [0.3, 0.4) is 0 Å². The maximum absolute atomic E-state index is 5.41. The summed E-state index contributed by atoms with van der Waals surface area (Å²) >= 11 is 4.19. The minimum Gasteiger partial charge on any atom is -0.529 e. The largest absolute Gasteiger partial charge is 0.576 e. The maximum Gasteiger partial charge on any atom is 0.576 e. The van der Waals surface area contributed by atoms with E-state index in [1.807, 2.05) is 54.6 Å². The van der Waals surface area contributed by atoms with E-state index in [4.69, 9.17) is 9.31 Å². The molecule has 0 unspecified atom stereocenters. The summed E-state index contributed by atoms with van der Waals surface area (Å²) in [5, 5.41) is 0. The average molecular weight is 230 g/mol. The molecule has 0 radical (unpaired) electrons. The number of hydrogen-bond acceptors (Lipinski definition) is 3. The van der Waals surface area contributed by atoms with Gasteiger partial charge in [0, 0.05) is 4.90 Å². The van der Waals surface area contributed by atoms with Gasteiger partial charge in [0.25, 0.3) is 0 Å². The van der Waals surface area contributed by atoms with Gasteiger partial charge < -0.3 is 9.31 Å². The predicted octanol–water partition coefficient (Wildman–Crippen LogP) is 2.70. The molecule has 0 atom stereocenters. The molecule has 0 spiro atoms. The molecule has 2 aromatic rings. The summed E-state index contributed by atoms with van der Waals surface area (Å²) in [5.41, 5.74) is 0. The molecular formula is C12H11BO2S. The van der Waals surface area contributed by atoms with Crippen molar-refractivity contribution in [2.24, 2.45) is 0 Å². The molecule has 4 heteroatoms. The molecule has 0 saturated carbocycles. The number of thiol groups is 1. The lowest BCUT2D eigenvalue weighted by molar-refractivity contribution is 0.459. The molecule has 0 aliphatic rings. The monoisotopic (exact) mass is 230 g/mol. The van der Waals surface area contributed by atoms with Crippen molar-refractivity contribution in [3.8, 4) is 11.5 Å². The molecule has 0 aromatic heterocycles. The van der Waals surface area contributed by atoms with Gasteiger partial charge in [-0.05, 0) is 36.4 Å². The Morgan fingerprint density at radius 2 is 1.31 bits per heavy atom. The average Bonchev–Trinajstić information content (AvgIpc) is 2.33. The molecule has 0 heterocycles. The van der Waals surface area contributed by atoms with Gasteiger partial charge in [-0.3, -0.25) is 0 Å². The van der Waals surface area contributed by atoms with Gasteiger partial charge >= 0.3 is 7.69 Å². The normalized spacial score (nSPS) is 9.56. The molecule has 2 rings (SSSR count). The van der Waals surface area contributed by atoms with E-state index in [-0.39, 0.29) is 7.69 Å². The molecule has 0 aliphatic heterocycles. The predicted molar refractivity (Wildman–Crippen MR) is 68.5 cm³/mol. The first-order chi connectivity index (χ1) is 7.84. The summed E-state index contributed by atoms with van der Waals surface area (Å²) in [5.74, 6) is 1.57. The zero-order valence-electron chi connectivity index (χ0n) is 8.67. The highest BCUT2D eigenvalue weighted by Crippen LogP contribution is 2.14. The molecule has 0 N–H and O–H groups in total. The zero-order valence-corrected chi connectivity index (χ0v) is 9.56. The second-order valence-corrected chi connectivity index (χ2v) is 3.73. The van der Waals surface area contributed by atoms with Gasteiger partial charge in [0.1, 0.15) is 11.5 Å². The first kappa shape index (κ1) is 11.0. The SMILES string of the molecule is Sc1ccc(OBOc2ccccc2)cc1. The first-order valence-corrected chi connectivity index (χ1v) is 5.39. The molecule has 0 amide bonds. The Morgan fingerprint density at radius 1 is 0.750 bits per heavy atom. The van der Waals surface area contributed by atoms with Gasteiger partial charge in [-0.25, -0.2) is 0 Å². The quantitative estimate of drug-likeness (QED) is 0.643. The second-order valence-electron chi connectivity index (χ2n) is 3.21. The Kier molecular flexibility index (Phi) is 3.78. The highest BCUT2D eigenvalue weighted by molar-refractivity contribution is 7.80. The van der Waals surface area contributed by atoms with Crippen molar-refractivity contribution >= 4 is 20.3 Å². The van der Waals surface area contributed by atoms with Crippen LogP contribution >= 0.6 is 12.6 Å². The van der Waals surface area contributed by atoms with Crippen molar-refractivity contribution in [3.05, 3.63) is 54.6 Å². The lowest BCUT2D eigenvalue weighted by Crippen LogP contribution is -2.10. The third kappa shape index (κ3) is 3.24. The Bertz CT molecular complexity index is 431. The minimum atomic E-state index is 0.204. The topological polar surface area (TPSA) is 18.5 Å². The van der Waals surface area contributed by atoms with E-state index in [0.29, 0.717) is 0 Å². The van der Waals surface area contributed by atoms with Crippen molar-refractivity contribution in [3.63, 3.8) is 0 Å². The van der Waals surface area contributed by atoms with Crippen molar-refractivity contribution < 1.29 is 9.31 Å². The van der Waals surface area contributed by atoms with Crippen LogP contribution in [0.4, 0.5) is 0 Å². The highest BCUT2D eigenvalue weighted by atomic mass is 32.1. The van der Waals surface area contributed by atoms with E-state index in [9.17, 15) is 0 Å². The molecule has 0 saturated heterocycles. The molecule has 80 valence electrons. The van der Waals surface area contributed by atoms with Gasteiger partial charge in [0.2, 0.25) is 0 Å². The highest BCUT2D eigenvalue weighted by Gasteiger charge is 1.98. The Hall–Kier alpha value is -1.55. The minimum absolute atomic E-state index is 0.204. The van der Waals surface area contributed by atoms with E-state index in [2.05, 4.69) is 12.6 Å². The second kappa shape index (κ2) is 5.51. The van der Waals surface area contributed by atoms with E-state index in [1.54, 1.807) is 0 Å². The molecule has 0 fully saturated rings. The Labute approximate surface area is 101 Å². The Balaban J connectivity index is 1.82. The molecule has 2 nitrogen and oxygen atoms in total. The summed E-state index contributed by atoms with van der Waals surface area (Å²) in [7, 11) is 0.204. The van der Waals surface area contributed by atoms with Crippen LogP contribution in [0.15, 0.2) is 59.5 Å². The maximum atomic E-state index is 5.41. The van der Waals surface area contributed by atoms with E-state index in [1.165, 1.54) is 0 Å². The third-order valence-electron chi connectivity index (χ3n) is 2.03. The van der Waals surface area contributed by atoms with Gasteiger partial charge in [-0.15, -0.1) is 12.6 Å². The van der Waals surface area contributed by atoms with E-state index in [0.717, 1.165) is 16.4 Å². The van der Waals surface area contributed by atoms with Gasteiger partial charge in [-0.1, -0.05) is 18.2 Å². The number of rotatable bonds is 4. The molecule has 2 aromatic carbocycles.